The van der Waals surface area contributed by atoms with Gasteiger partial charge in [-0.3, -0.25) is 0 Å². The number of carboxylic acids is 1. The molecule has 0 aliphatic heterocycles. The molecule has 0 amide bonds. The number of hydrogen-bond acceptors (Lipinski definition) is 8. The standard InChI is InChI=1S/C19H16N5O2.C2HF3O2/c1-2-5-15(6-3-1)14-25-18-11-17(26-23-18)13-24-10-7-16(12-22-24)19-20-8-4-9-21-19;3-2(4,5)1(6)7/h1-12H,13-14H2;(H,6,7)/q+1;/p-1. The Balaban J connectivity index is 0.000000383. The van der Waals surface area contributed by atoms with Crippen molar-refractivity contribution in [1.29, 1.82) is 0 Å². The molecule has 0 aliphatic rings. The average molecular weight is 459 g/mol. The van der Waals surface area contributed by atoms with Crippen LogP contribution in [0.15, 0.2) is 77.8 Å². The predicted octanol–water partition coefficient (Wildman–Crippen LogP) is 1.74. The molecule has 9 nitrogen and oxygen atoms in total. The Labute approximate surface area is 185 Å². The fraction of sp³-hybridized carbons (Fsp3) is 0.143. The highest BCUT2D eigenvalue weighted by Gasteiger charge is 2.28. The maximum Gasteiger partial charge on any atom is 0.430 e. The van der Waals surface area contributed by atoms with Crippen molar-refractivity contribution in [2.24, 2.45) is 0 Å². The summed E-state index contributed by atoms with van der Waals surface area (Å²) in [5, 5.41) is 17.1. The number of hydrogen-bond donors (Lipinski definition) is 0. The smallest absolute Gasteiger partial charge is 0.430 e. The first-order valence-electron chi connectivity index (χ1n) is 9.35. The SMILES string of the molecule is O=C([O-])C(F)(F)F.c1ccc(COc2cc(C[n+]3ccc(-c4ncccn4)cn3)on2)cc1. The Morgan fingerprint density at radius 3 is 2.39 bits per heavy atom. The van der Waals surface area contributed by atoms with E-state index < -0.39 is 12.1 Å². The topological polar surface area (TPSA) is 118 Å². The van der Waals surface area contributed by atoms with Gasteiger partial charge in [-0.15, -0.1) is 0 Å². The van der Waals surface area contributed by atoms with E-state index in [9.17, 15) is 13.2 Å². The zero-order valence-electron chi connectivity index (χ0n) is 16.8. The molecule has 0 saturated carbocycles. The molecule has 3 heterocycles. The minimum atomic E-state index is -5.19. The van der Waals surface area contributed by atoms with E-state index in [4.69, 9.17) is 19.2 Å². The van der Waals surface area contributed by atoms with Crippen molar-refractivity contribution in [2.45, 2.75) is 19.3 Å². The van der Waals surface area contributed by atoms with Crippen LogP contribution in [0.3, 0.4) is 0 Å². The lowest BCUT2D eigenvalue weighted by molar-refractivity contribution is -0.747. The third-order valence-electron chi connectivity index (χ3n) is 3.91. The zero-order valence-corrected chi connectivity index (χ0v) is 16.8. The summed E-state index contributed by atoms with van der Waals surface area (Å²) < 4.78 is 44.2. The summed E-state index contributed by atoms with van der Waals surface area (Å²) in [6.45, 7) is 0.904. The van der Waals surface area contributed by atoms with Gasteiger partial charge in [0.05, 0.1) is 6.07 Å². The molecule has 0 unspecified atom stereocenters. The molecule has 170 valence electrons. The molecule has 0 fully saturated rings. The normalized spacial score (nSPS) is 10.8. The summed E-state index contributed by atoms with van der Waals surface area (Å²) in [5.74, 6) is -1.25. The van der Waals surface area contributed by atoms with Crippen molar-refractivity contribution in [3.8, 4) is 17.3 Å². The quantitative estimate of drug-likeness (QED) is 0.400. The number of nitrogens with zero attached hydrogens (tertiary/aromatic N) is 5. The van der Waals surface area contributed by atoms with Gasteiger partial charge in [0.25, 0.3) is 5.88 Å². The van der Waals surface area contributed by atoms with Crippen LogP contribution in [-0.2, 0) is 17.9 Å². The van der Waals surface area contributed by atoms with Crippen molar-refractivity contribution in [1.82, 2.24) is 20.2 Å². The summed E-state index contributed by atoms with van der Waals surface area (Å²) in [4.78, 5) is 17.2. The van der Waals surface area contributed by atoms with Gasteiger partial charge in [0.2, 0.25) is 12.3 Å². The van der Waals surface area contributed by atoms with E-state index in [-0.39, 0.29) is 0 Å². The number of benzene rings is 1. The van der Waals surface area contributed by atoms with Gasteiger partial charge < -0.3 is 19.2 Å². The Morgan fingerprint density at radius 2 is 1.79 bits per heavy atom. The number of alkyl halides is 3. The van der Waals surface area contributed by atoms with Crippen molar-refractivity contribution in [3.05, 3.63) is 84.6 Å². The van der Waals surface area contributed by atoms with Crippen LogP contribution in [0.4, 0.5) is 13.2 Å². The molecule has 0 radical (unpaired) electrons. The summed E-state index contributed by atoms with van der Waals surface area (Å²) in [6.07, 6.45) is 1.78. The molecular formula is C21H16F3N5O4. The fourth-order valence-electron chi connectivity index (χ4n) is 2.39. The second kappa shape index (κ2) is 10.8. The molecule has 12 heteroatoms. The van der Waals surface area contributed by atoms with Gasteiger partial charge in [-0.25, -0.2) is 9.97 Å². The summed E-state index contributed by atoms with van der Waals surface area (Å²) >= 11 is 0. The van der Waals surface area contributed by atoms with Gasteiger partial charge in [-0.1, -0.05) is 35.0 Å². The van der Waals surface area contributed by atoms with Gasteiger partial charge in [0.15, 0.2) is 12.0 Å². The third kappa shape index (κ3) is 7.38. The second-order valence-corrected chi connectivity index (χ2v) is 6.38. The monoisotopic (exact) mass is 459 g/mol. The molecule has 1 aromatic carbocycles. The largest absolute Gasteiger partial charge is 0.542 e. The third-order valence-corrected chi connectivity index (χ3v) is 3.91. The first-order valence-corrected chi connectivity index (χ1v) is 9.35. The highest BCUT2D eigenvalue weighted by Crippen LogP contribution is 2.14. The predicted molar refractivity (Wildman–Crippen MR) is 103 cm³/mol. The minimum absolute atomic E-state index is 0.448. The Kier molecular flexibility index (Phi) is 7.63. The van der Waals surface area contributed by atoms with Crippen LogP contribution in [-0.4, -0.2) is 32.4 Å². The van der Waals surface area contributed by atoms with Crippen LogP contribution < -0.4 is 14.5 Å². The van der Waals surface area contributed by atoms with Crippen LogP contribution in [0, 0.1) is 0 Å². The summed E-state index contributed by atoms with van der Waals surface area (Å²) in [5.41, 5.74) is 1.93. The number of halogens is 3. The molecule has 3 aromatic heterocycles. The number of carbonyl (C=O) groups is 1. The number of aliphatic carboxylic acids is 1. The van der Waals surface area contributed by atoms with E-state index in [0.29, 0.717) is 30.6 Å². The van der Waals surface area contributed by atoms with Crippen molar-refractivity contribution >= 4 is 5.97 Å². The highest BCUT2D eigenvalue weighted by atomic mass is 19.4. The van der Waals surface area contributed by atoms with Gasteiger partial charge in [-0.05, 0) is 21.9 Å². The molecule has 4 aromatic rings. The van der Waals surface area contributed by atoms with E-state index in [1.807, 2.05) is 42.6 Å². The van der Waals surface area contributed by atoms with Crippen LogP contribution in [0.2, 0.25) is 0 Å². The van der Waals surface area contributed by atoms with Crippen molar-refractivity contribution in [3.63, 3.8) is 0 Å². The molecule has 0 atom stereocenters. The first kappa shape index (κ1) is 23.3. The molecule has 0 aliphatic carbocycles. The van der Waals surface area contributed by atoms with E-state index in [1.165, 1.54) is 0 Å². The lowest BCUT2D eigenvalue weighted by atomic mass is 10.2. The van der Waals surface area contributed by atoms with Crippen LogP contribution in [0.25, 0.3) is 11.4 Å². The first-order chi connectivity index (χ1) is 15.8. The number of aromatic nitrogens is 5. The second-order valence-electron chi connectivity index (χ2n) is 6.38. The Morgan fingerprint density at radius 1 is 1.09 bits per heavy atom. The average Bonchev–Trinajstić information content (AvgIpc) is 3.26. The van der Waals surface area contributed by atoms with Gasteiger partial charge >= 0.3 is 6.18 Å². The zero-order chi connectivity index (χ0) is 23.7. The van der Waals surface area contributed by atoms with Gasteiger partial charge in [0.1, 0.15) is 18.8 Å². The Hall–Kier alpha value is -4.35. The van der Waals surface area contributed by atoms with E-state index in [2.05, 4.69) is 20.2 Å². The molecule has 33 heavy (non-hydrogen) atoms. The molecule has 0 spiro atoms. The van der Waals surface area contributed by atoms with Crippen LogP contribution in [0.5, 0.6) is 5.88 Å². The van der Waals surface area contributed by atoms with E-state index in [1.54, 1.807) is 35.4 Å². The molecular weight excluding hydrogens is 443 g/mol. The lowest BCUT2D eigenvalue weighted by Crippen LogP contribution is -2.37. The van der Waals surface area contributed by atoms with E-state index >= 15 is 0 Å². The summed E-state index contributed by atoms with van der Waals surface area (Å²) in [6, 6.07) is 15.4. The number of rotatable bonds is 6. The van der Waals surface area contributed by atoms with Gasteiger partial charge in [-0.2, -0.15) is 13.2 Å². The van der Waals surface area contributed by atoms with Crippen molar-refractivity contribution in [2.75, 3.05) is 0 Å². The maximum atomic E-state index is 10.5. The summed E-state index contributed by atoms with van der Waals surface area (Å²) in [7, 11) is 0. The maximum absolute atomic E-state index is 10.5. The molecule has 0 saturated heterocycles. The molecule has 0 bridgehead atoms. The molecule has 4 rings (SSSR count). The molecule has 0 N–H and O–H groups in total. The van der Waals surface area contributed by atoms with Crippen molar-refractivity contribution < 1.29 is 37.0 Å². The van der Waals surface area contributed by atoms with Gasteiger partial charge in [0, 0.05) is 24.0 Å². The van der Waals surface area contributed by atoms with Crippen LogP contribution in [0.1, 0.15) is 11.3 Å². The number of carboxylic acid groups (broad SMARTS) is 1. The lowest BCUT2D eigenvalue weighted by Gasteiger charge is -2.03. The highest BCUT2D eigenvalue weighted by molar-refractivity contribution is 5.70. The number of ether oxygens (including phenoxy) is 1. The Bertz CT molecular complexity index is 1150. The number of carbonyl (C=O) groups excluding carboxylic acids is 1. The van der Waals surface area contributed by atoms with E-state index in [0.717, 1.165) is 11.1 Å². The minimum Gasteiger partial charge on any atom is -0.542 e. The van der Waals surface area contributed by atoms with Crippen LogP contribution >= 0.6 is 0 Å². The fourth-order valence-corrected chi connectivity index (χ4v) is 2.39.